The van der Waals surface area contributed by atoms with Gasteiger partial charge in [0, 0.05) is 35.4 Å². The first-order chi connectivity index (χ1) is 16.5. The van der Waals surface area contributed by atoms with E-state index in [9.17, 15) is 9.59 Å². The van der Waals surface area contributed by atoms with Crippen molar-refractivity contribution in [1.29, 1.82) is 0 Å². The lowest BCUT2D eigenvalue weighted by atomic mass is 10.0. The number of benzene rings is 2. The number of hydrogen-bond acceptors (Lipinski definition) is 4. The third-order valence-electron chi connectivity index (χ3n) is 5.89. The number of hydrogen-bond donors (Lipinski definition) is 4. The second-order valence-electron chi connectivity index (χ2n) is 8.46. The molecular formula is C26H26N6O2. The van der Waals surface area contributed by atoms with Crippen LogP contribution in [0.5, 0.6) is 0 Å². The molecule has 34 heavy (non-hydrogen) atoms. The van der Waals surface area contributed by atoms with E-state index in [-0.39, 0.29) is 18.0 Å². The van der Waals surface area contributed by atoms with Crippen molar-refractivity contribution in [2.45, 2.75) is 32.2 Å². The monoisotopic (exact) mass is 454 g/mol. The minimum atomic E-state index is -0.326. The molecule has 1 fully saturated rings. The van der Waals surface area contributed by atoms with Crippen LogP contribution < -0.4 is 21.7 Å². The maximum Gasteiger partial charge on any atom is 0.323 e. The molecule has 1 aliphatic carbocycles. The van der Waals surface area contributed by atoms with Gasteiger partial charge in [-0.15, -0.1) is 0 Å². The third-order valence-corrected chi connectivity index (χ3v) is 5.89. The Bertz CT molecular complexity index is 1370. The van der Waals surface area contributed by atoms with Gasteiger partial charge >= 0.3 is 6.03 Å². The van der Waals surface area contributed by atoms with Crippen molar-refractivity contribution in [2.24, 2.45) is 0 Å². The molecule has 2 aromatic carbocycles. The maximum absolute atomic E-state index is 12.9. The zero-order chi connectivity index (χ0) is 23.7. The normalized spacial score (nSPS) is 13.0. The number of anilines is 3. The van der Waals surface area contributed by atoms with Crippen molar-refractivity contribution in [2.75, 3.05) is 16.4 Å². The second-order valence-corrected chi connectivity index (χ2v) is 8.46. The summed E-state index contributed by atoms with van der Waals surface area (Å²) in [6, 6.07) is 16.7. The Balaban J connectivity index is 1.40. The molecule has 5 rings (SSSR count). The predicted molar refractivity (Wildman–Crippen MR) is 134 cm³/mol. The van der Waals surface area contributed by atoms with Crippen LogP contribution in [0.2, 0.25) is 0 Å². The zero-order valence-corrected chi connectivity index (χ0v) is 18.8. The molecule has 0 bridgehead atoms. The highest BCUT2D eigenvalue weighted by molar-refractivity contribution is 6.08. The lowest BCUT2D eigenvalue weighted by Gasteiger charge is -2.10. The van der Waals surface area contributed by atoms with E-state index in [2.05, 4.69) is 28.0 Å². The van der Waals surface area contributed by atoms with Crippen LogP contribution in [0.15, 0.2) is 67.0 Å². The van der Waals surface area contributed by atoms with Gasteiger partial charge in [0.2, 0.25) is 0 Å². The van der Waals surface area contributed by atoms with E-state index < -0.39 is 0 Å². The maximum atomic E-state index is 12.9. The number of aryl methyl sites for hydroxylation is 1. The molecule has 0 aliphatic heterocycles. The summed E-state index contributed by atoms with van der Waals surface area (Å²) in [6.07, 6.45) is 6.22. The zero-order valence-electron chi connectivity index (χ0n) is 18.8. The molecule has 3 amide bonds. The van der Waals surface area contributed by atoms with Crippen molar-refractivity contribution in [1.82, 2.24) is 14.9 Å². The van der Waals surface area contributed by atoms with Gasteiger partial charge in [-0.25, -0.2) is 9.31 Å². The summed E-state index contributed by atoms with van der Waals surface area (Å²) in [4.78, 5) is 25.4. The third kappa shape index (κ3) is 4.43. The van der Waals surface area contributed by atoms with Gasteiger partial charge in [0.15, 0.2) is 0 Å². The largest absolute Gasteiger partial charge is 0.397 e. The molecule has 1 saturated carbocycles. The van der Waals surface area contributed by atoms with Crippen molar-refractivity contribution in [3.8, 4) is 11.1 Å². The number of nitrogen functional groups attached to an aromatic ring is 1. The van der Waals surface area contributed by atoms with Gasteiger partial charge in [0.05, 0.1) is 16.8 Å². The van der Waals surface area contributed by atoms with Crippen LogP contribution >= 0.6 is 0 Å². The summed E-state index contributed by atoms with van der Waals surface area (Å²) in [5.41, 5.74) is 12.0. The first-order valence-corrected chi connectivity index (χ1v) is 11.4. The summed E-state index contributed by atoms with van der Waals surface area (Å²) >= 11 is 0. The van der Waals surface area contributed by atoms with Gasteiger partial charge in [-0.2, -0.15) is 5.10 Å². The molecule has 2 heterocycles. The van der Waals surface area contributed by atoms with Gasteiger partial charge in [0.25, 0.3) is 5.91 Å². The number of rotatable bonds is 6. The SMILES string of the molecule is CCc1cccc(NC(=O)Nc2ccc(-c3c(C(=O)NC4CC4)cn4nccc(N)c34)cc2)c1. The van der Waals surface area contributed by atoms with Crippen LogP contribution in [0, 0.1) is 0 Å². The molecule has 0 radical (unpaired) electrons. The minimum absolute atomic E-state index is 0.140. The van der Waals surface area contributed by atoms with Crippen LogP contribution in [0.4, 0.5) is 21.9 Å². The summed E-state index contributed by atoms with van der Waals surface area (Å²) in [7, 11) is 0. The molecule has 172 valence electrons. The topological polar surface area (TPSA) is 114 Å². The van der Waals surface area contributed by atoms with Crippen molar-refractivity contribution in [3.05, 3.63) is 78.1 Å². The fraction of sp³-hybridized carbons (Fsp3) is 0.192. The average molecular weight is 455 g/mol. The van der Waals surface area contributed by atoms with E-state index in [4.69, 9.17) is 5.73 Å². The highest BCUT2D eigenvalue weighted by Gasteiger charge is 2.27. The van der Waals surface area contributed by atoms with E-state index in [0.717, 1.165) is 41.6 Å². The second kappa shape index (κ2) is 8.90. The number of amides is 3. The molecule has 5 N–H and O–H groups in total. The number of aromatic nitrogens is 2. The Kier molecular flexibility index (Phi) is 5.63. The average Bonchev–Trinajstić information content (AvgIpc) is 3.56. The van der Waals surface area contributed by atoms with Crippen molar-refractivity contribution >= 4 is 34.5 Å². The standard InChI is InChI=1S/C26H26N6O2/c1-2-16-4-3-5-20(14-16)31-26(34)30-19-8-6-17(7-9-19)23-21(25(33)29-18-10-11-18)15-32-24(23)22(27)12-13-28-32/h3-9,12-15,18H,2,10-11,27H2,1H3,(H,29,33)(H2,30,31,34). The van der Waals surface area contributed by atoms with E-state index in [1.165, 1.54) is 0 Å². The quantitative estimate of drug-likeness (QED) is 0.339. The number of nitrogens with one attached hydrogen (secondary N) is 3. The smallest absolute Gasteiger partial charge is 0.323 e. The molecule has 2 aromatic heterocycles. The lowest BCUT2D eigenvalue weighted by molar-refractivity contribution is 0.0951. The molecule has 0 spiro atoms. The van der Waals surface area contributed by atoms with Crippen molar-refractivity contribution in [3.63, 3.8) is 0 Å². The van der Waals surface area contributed by atoms with Crippen LogP contribution in [-0.4, -0.2) is 27.6 Å². The van der Waals surface area contributed by atoms with E-state index in [0.29, 0.717) is 22.5 Å². The highest BCUT2D eigenvalue weighted by atomic mass is 16.2. The predicted octanol–water partition coefficient (Wildman–Crippen LogP) is 4.68. The molecule has 1 aliphatic rings. The van der Waals surface area contributed by atoms with Gasteiger partial charge in [-0.3, -0.25) is 4.79 Å². The van der Waals surface area contributed by atoms with Crippen LogP contribution in [0.3, 0.4) is 0 Å². The summed E-state index contributed by atoms with van der Waals surface area (Å²) in [5.74, 6) is -0.140. The lowest BCUT2D eigenvalue weighted by Crippen LogP contribution is -2.25. The number of carbonyl (C=O) groups excluding carboxylic acids is 2. The first-order valence-electron chi connectivity index (χ1n) is 11.4. The molecule has 8 nitrogen and oxygen atoms in total. The molecule has 8 heteroatoms. The van der Waals surface area contributed by atoms with Crippen LogP contribution in [-0.2, 0) is 6.42 Å². The number of nitrogens with zero attached hydrogens (tertiary/aromatic N) is 2. The Morgan fingerprint density at radius 1 is 1.06 bits per heavy atom. The summed E-state index contributed by atoms with van der Waals surface area (Å²) in [6.45, 7) is 2.07. The van der Waals surface area contributed by atoms with E-state index in [1.54, 1.807) is 35.1 Å². The molecule has 4 aromatic rings. The summed E-state index contributed by atoms with van der Waals surface area (Å²) in [5, 5.41) is 13.1. The number of nitrogens with two attached hydrogens (primary N) is 1. The Hall–Kier alpha value is -4.33. The minimum Gasteiger partial charge on any atom is -0.397 e. The van der Waals surface area contributed by atoms with Crippen LogP contribution in [0.1, 0.15) is 35.7 Å². The van der Waals surface area contributed by atoms with E-state index >= 15 is 0 Å². The van der Waals surface area contributed by atoms with Gasteiger partial charge in [-0.05, 0) is 60.7 Å². The molecule has 0 atom stereocenters. The summed E-state index contributed by atoms with van der Waals surface area (Å²) < 4.78 is 1.64. The molecular weight excluding hydrogens is 428 g/mol. The van der Waals surface area contributed by atoms with Gasteiger partial charge < -0.3 is 21.7 Å². The Morgan fingerprint density at radius 3 is 2.56 bits per heavy atom. The van der Waals surface area contributed by atoms with Crippen LogP contribution in [0.25, 0.3) is 16.6 Å². The number of urea groups is 1. The molecule has 0 saturated heterocycles. The Morgan fingerprint density at radius 2 is 1.82 bits per heavy atom. The fourth-order valence-corrected chi connectivity index (χ4v) is 3.96. The van der Waals surface area contributed by atoms with Crippen molar-refractivity contribution < 1.29 is 9.59 Å². The molecule has 0 unspecified atom stereocenters. The van der Waals surface area contributed by atoms with Gasteiger partial charge in [-0.1, -0.05) is 31.2 Å². The Labute approximate surface area is 197 Å². The fourth-order valence-electron chi connectivity index (χ4n) is 3.96. The van der Waals surface area contributed by atoms with Gasteiger partial charge in [0.1, 0.15) is 0 Å². The number of carbonyl (C=O) groups is 2. The first kappa shape index (κ1) is 21.5. The highest BCUT2D eigenvalue weighted by Crippen LogP contribution is 2.34. The number of fused-ring (bicyclic) bond motifs is 1. The van der Waals surface area contributed by atoms with E-state index in [1.807, 2.05) is 36.4 Å².